The van der Waals surface area contributed by atoms with E-state index in [2.05, 4.69) is 4.90 Å². The molecule has 1 saturated heterocycles. The van der Waals surface area contributed by atoms with Crippen molar-refractivity contribution >= 4 is 39.2 Å². The van der Waals surface area contributed by atoms with Gasteiger partial charge in [0.15, 0.2) is 0 Å². The van der Waals surface area contributed by atoms with Crippen molar-refractivity contribution in [3.05, 3.63) is 33.8 Å². The predicted octanol–water partition coefficient (Wildman–Crippen LogP) is 3.56. The molecule has 1 aliphatic rings. The summed E-state index contributed by atoms with van der Waals surface area (Å²) in [5.41, 5.74) is -0.0787. The Kier molecular flexibility index (Phi) is 8.39. The first-order valence-corrected chi connectivity index (χ1v) is 12.4. The van der Waals surface area contributed by atoms with Gasteiger partial charge < -0.3 is 9.64 Å². The summed E-state index contributed by atoms with van der Waals surface area (Å²) >= 11 is 12.2. The fourth-order valence-electron chi connectivity index (χ4n) is 4.00. The third kappa shape index (κ3) is 5.85. The van der Waals surface area contributed by atoms with Crippen LogP contribution in [0.25, 0.3) is 0 Å². The van der Waals surface area contributed by atoms with Crippen molar-refractivity contribution < 1.29 is 17.9 Å². The number of halogens is 2. The van der Waals surface area contributed by atoms with Crippen molar-refractivity contribution in [3.63, 3.8) is 0 Å². The number of likely N-dealkylation sites (tertiary alicyclic amines) is 1. The van der Waals surface area contributed by atoms with Gasteiger partial charge >= 0.3 is 5.97 Å². The summed E-state index contributed by atoms with van der Waals surface area (Å²) in [5.74, 6) is -0.319. The summed E-state index contributed by atoms with van der Waals surface area (Å²) in [4.78, 5) is 14.9. The lowest BCUT2D eigenvalue weighted by Gasteiger charge is -2.38. The molecule has 0 aromatic heterocycles. The number of carbonyl (C=O) groups excluding carboxylic acids is 1. The SMILES string of the molecule is CCN(C1CCN(CCC(C)(C(=O)OC)c2ccc(Cl)c(Cl)c2)CC1)S(C)(=O)=O. The number of hydrogen-bond donors (Lipinski definition) is 0. The van der Waals surface area contributed by atoms with Crippen molar-refractivity contribution in [2.45, 2.75) is 44.6 Å². The number of rotatable bonds is 8. The highest BCUT2D eigenvalue weighted by atomic mass is 35.5. The van der Waals surface area contributed by atoms with E-state index in [0.29, 0.717) is 29.6 Å². The molecule has 0 radical (unpaired) electrons. The van der Waals surface area contributed by atoms with Crippen LogP contribution in [0.1, 0.15) is 38.7 Å². The first kappa shape index (κ1) is 24.4. The van der Waals surface area contributed by atoms with E-state index >= 15 is 0 Å². The van der Waals surface area contributed by atoms with Crippen LogP contribution >= 0.6 is 23.2 Å². The summed E-state index contributed by atoms with van der Waals surface area (Å²) in [6.45, 7) is 6.48. The standard InChI is InChI=1S/C20H30Cl2N2O4S/c1-5-24(29(4,26)27)16-8-11-23(12-9-16)13-10-20(2,19(25)28-3)15-6-7-17(21)18(22)14-15/h6-7,14,16H,5,8-13H2,1-4H3. The van der Waals surface area contributed by atoms with Crippen molar-refractivity contribution in [2.75, 3.05) is 39.5 Å². The molecule has 9 heteroatoms. The number of piperidine rings is 1. The average Bonchev–Trinajstić information content (AvgIpc) is 2.68. The Hall–Kier alpha value is -0.860. The summed E-state index contributed by atoms with van der Waals surface area (Å²) in [6.07, 6.45) is 3.39. The Morgan fingerprint density at radius 2 is 1.90 bits per heavy atom. The Labute approximate surface area is 184 Å². The van der Waals surface area contributed by atoms with E-state index in [1.165, 1.54) is 13.4 Å². The minimum Gasteiger partial charge on any atom is -0.468 e. The molecule has 29 heavy (non-hydrogen) atoms. The number of benzene rings is 1. The van der Waals surface area contributed by atoms with Gasteiger partial charge in [0.05, 0.1) is 28.8 Å². The first-order valence-electron chi connectivity index (χ1n) is 9.76. The van der Waals surface area contributed by atoms with Gasteiger partial charge in [-0.15, -0.1) is 0 Å². The number of sulfonamides is 1. The van der Waals surface area contributed by atoms with E-state index in [0.717, 1.165) is 31.5 Å². The molecule has 0 spiro atoms. The lowest BCUT2D eigenvalue weighted by molar-refractivity contribution is -0.147. The summed E-state index contributed by atoms with van der Waals surface area (Å²) < 4.78 is 30.6. The van der Waals surface area contributed by atoms with Crippen LogP contribution in [0.2, 0.25) is 10.0 Å². The molecule has 1 aliphatic heterocycles. The largest absolute Gasteiger partial charge is 0.468 e. The molecule has 0 saturated carbocycles. The molecule has 1 aromatic rings. The van der Waals surface area contributed by atoms with E-state index in [1.54, 1.807) is 16.4 Å². The van der Waals surface area contributed by atoms with Gasteiger partial charge in [-0.25, -0.2) is 8.42 Å². The molecule has 0 aliphatic carbocycles. The van der Waals surface area contributed by atoms with E-state index in [4.69, 9.17) is 27.9 Å². The minimum absolute atomic E-state index is 0.0355. The number of nitrogens with zero attached hydrogens (tertiary/aromatic N) is 2. The Morgan fingerprint density at radius 3 is 2.38 bits per heavy atom. The molecule has 6 nitrogen and oxygen atoms in total. The van der Waals surface area contributed by atoms with Gasteiger partial charge in [-0.3, -0.25) is 4.79 Å². The highest BCUT2D eigenvalue weighted by Crippen LogP contribution is 2.34. The number of carbonyl (C=O) groups is 1. The van der Waals surface area contributed by atoms with Crippen LogP contribution in [0.15, 0.2) is 18.2 Å². The summed E-state index contributed by atoms with van der Waals surface area (Å²) in [7, 11) is -1.81. The van der Waals surface area contributed by atoms with Crippen LogP contribution in [0.4, 0.5) is 0 Å². The van der Waals surface area contributed by atoms with Crippen molar-refractivity contribution in [2.24, 2.45) is 0 Å². The van der Waals surface area contributed by atoms with E-state index in [1.807, 2.05) is 19.9 Å². The maximum absolute atomic E-state index is 12.6. The summed E-state index contributed by atoms with van der Waals surface area (Å²) in [6, 6.07) is 5.26. The van der Waals surface area contributed by atoms with Crippen LogP contribution in [0.3, 0.4) is 0 Å². The minimum atomic E-state index is -3.20. The number of hydrogen-bond acceptors (Lipinski definition) is 5. The van der Waals surface area contributed by atoms with Gasteiger partial charge in [0, 0.05) is 12.6 Å². The van der Waals surface area contributed by atoms with Gasteiger partial charge in [0.2, 0.25) is 10.0 Å². The quantitative estimate of drug-likeness (QED) is 0.550. The van der Waals surface area contributed by atoms with Gasteiger partial charge in [-0.2, -0.15) is 4.31 Å². The normalized spacial score (nSPS) is 18.6. The molecule has 164 valence electrons. The second-order valence-electron chi connectivity index (χ2n) is 7.74. The molecule has 1 atom stereocenters. The zero-order valence-electron chi connectivity index (χ0n) is 17.5. The van der Waals surface area contributed by atoms with Crippen molar-refractivity contribution in [3.8, 4) is 0 Å². The summed E-state index contributed by atoms with van der Waals surface area (Å²) in [5, 5.41) is 0.844. The lowest BCUT2D eigenvalue weighted by Crippen LogP contribution is -2.48. The zero-order chi connectivity index (χ0) is 21.8. The van der Waals surface area contributed by atoms with E-state index in [-0.39, 0.29) is 12.0 Å². The highest BCUT2D eigenvalue weighted by Gasteiger charge is 2.37. The molecule has 0 amide bonds. The number of methoxy groups -OCH3 is 1. The van der Waals surface area contributed by atoms with Crippen molar-refractivity contribution in [1.29, 1.82) is 0 Å². The van der Waals surface area contributed by atoms with Crippen molar-refractivity contribution in [1.82, 2.24) is 9.21 Å². The maximum Gasteiger partial charge on any atom is 0.316 e. The molecular weight excluding hydrogens is 435 g/mol. The molecule has 2 rings (SSSR count). The fourth-order valence-corrected chi connectivity index (χ4v) is 5.52. The predicted molar refractivity (Wildman–Crippen MR) is 117 cm³/mol. The Balaban J connectivity index is 2.06. The molecule has 1 aromatic carbocycles. The highest BCUT2D eigenvalue weighted by molar-refractivity contribution is 7.88. The topological polar surface area (TPSA) is 66.9 Å². The van der Waals surface area contributed by atoms with Gasteiger partial charge in [0.1, 0.15) is 0 Å². The van der Waals surface area contributed by atoms with Gasteiger partial charge in [0.25, 0.3) is 0 Å². The maximum atomic E-state index is 12.6. The number of esters is 1. The molecule has 1 fully saturated rings. The molecular formula is C20H30Cl2N2O4S. The monoisotopic (exact) mass is 464 g/mol. The first-order chi connectivity index (χ1) is 13.5. The Bertz CT molecular complexity index is 826. The number of ether oxygens (including phenoxy) is 1. The van der Waals surface area contributed by atoms with Crippen LogP contribution in [-0.4, -0.2) is 69.2 Å². The second kappa shape index (κ2) is 9.96. The van der Waals surface area contributed by atoms with Gasteiger partial charge in [-0.1, -0.05) is 36.2 Å². The fraction of sp³-hybridized carbons (Fsp3) is 0.650. The molecule has 0 N–H and O–H groups in total. The van der Waals surface area contributed by atoms with Crippen LogP contribution in [0.5, 0.6) is 0 Å². The van der Waals surface area contributed by atoms with E-state index < -0.39 is 15.4 Å². The van der Waals surface area contributed by atoms with Crippen LogP contribution in [0, 0.1) is 0 Å². The molecule has 1 unspecified atom stereocenters. The molecule has 1 heterocycles. The smallest absolute Gasteiger partial charge is 0.316 e. The Morgan fingerprint density at radius 1 is 1.28 bits per heavy atom. The average molecular weight is 465 g/mol. The third-order valence-corrected chi connectivity index (χ3v) is 7.97. The van der Waals surface area contributed by atoms with E-state index in [9.17, 15) is 13.2 Å². The second-order valence-corrected chi connectivity index (χ2v) is 10.5. The lowest BCUT2D eigenvalue weighted by atomic mass is 9.79. The van der Waals surface area contributed by atoms with Crippen LogP contribution < -0.4 is 0 Å². The van der Waals surface area contributed by atoms with Gasteiger partial charge in [-0.05, 0) is 63.5 Å². The van der Waals surface area contributed by atoms with Crippen LogP contribution in [-0.2, 0) is 25.0 Å². The molecule has 0 bridgehead atoms. The zero-order valence-corrected chi connectivity index (χ0v) is 19.8. The third-order valence-electron chi connectivity index (χ3n) is 5.82.